The number of rotatable bonds is 0. The number of anilines is 2. The fourth-order valence-corrected chi connectivity index (χ4v) is 1.65. The molecule has 0 unspecified atom stereocenters. The Kier molecular flexibility index (Phi) is 2.19. The van der Waals surface area contributed by atoms with Gasteiger partial charge in [-0.25, -0.2) is 4.39 Å². The Labute approximate surface area is 88.8 Å². The number of amides is 1. The lowest BCUT2D eigenvalue weighted by atomic mass is 10.1. The van der Waals surface area contributed by atoms with Gasteiger partial charge in [-0.05, 0) is 28.9 Å². The molecule has 1 aliphatic rings. The number of hydrogen-bond donors (Lipinski definition) is 2. The van der Waals surface area contributed by atoms with Crippen LogP contribution in [-0.2, 0) is 4.79 Å². The Balaban J connectivity index is 2.47. The molecule has 0 aliphatic carbocycles. The predicted octanol–water partition coefficient (Wildman–Crippen LogP) is 2.34. The Morgan fingerprint density at radius 2 is 2.14 bits per heavy atom. The largest absolute Gasteiger partial charge is 0.372 e. The zero-order chi connectivity index (χ0) is 10.3. The second-order valence-electron chi connectivity index (χ2n) is 3.17. The van der Waals surface area contributed by atoms with E-state index in [2.05, 4.69) is 26.6 Å². The lowest BCUT2D eigenvalue weighted by Gasteiger charge is -2.24. The van der Waals surface area contributed by atoms with E-state index in [1.807, 2.05) is 0 Å². The Morgan fingerprint density at radius 3 is 2.86 bits per heavy atom. The molecular formula is C9H8BrFN2O. The Bertz CT molecular complexity index is 408. The maximum Gasteiger partial charge on any atom is 0.246 e. The number of benzene rings is 1. The first kappa shape index (κ1) is 9.45. The van der Waals surface area contributed by atoms with Crippen molar-refractivity contribution in [2.45, 2.75) is 13.0 Å². The van der Waals surface area contributed by atoms with Gasteiger partial charge in [0.15, 0.2) is 0 Å². The molecule has 1 heterocycles. The minimum atomic E-state index is -0.389. The molecule has 0 radical (unpaired) electrons. The van der Waals surface area contributed by atoms with Crippen molar-refractivity contribution in [3.63, 3.8) is 0 Å². The molecule has 3 nitrogen and oxygen atoms in total. The summed E-state index contributed by atoms with van der Waals surface area (Å²) in [5.74, 6) is -0.542. The summed E-state index contributed by atoms with van der Waals surface area (Å²) in [6, 6.07) is 2.61. The van der Waals surface area contributed by atoms with Crippen molar-refractivity contribution in [2.75, 3.05) is 10.6 Å². The number of carbonyl (C=O) groups is 1. The highest BCUT2D eigenvalue weighted by Gasteiger charge is 2.22. The van der Waals surface area contributed by atoms with E-state index in [1.165, 1.54) is 6.07 Å². The summed E-state index contributed by atoms with van der Waals surface area (Å²) in [4.78, 5) is 11.2. The van der Waals surface area contributed by atoms with Crippen LogP contribution in [0.3, 0.4) is 0 Å². The van der Waals surface area contributed by atoms with Gasteiger partial charge in [-0.15, -0.1) is 0 Å². The van der Waals surface area contributed by atoms with E-state index in [0.29, 0.717) is 10.2 Å². The van der Waals surface area contributed by atoms with Gasteiger partial charge in [0.05, 0.1) is 15.8 Å². The molecule has 2 rings (SSSR count). The SMILES string of the molecule is C[C@H]1Nc2cc(Br)c(F)cc2NC1=O. The van der Waals surface area contributed by atoms with E-state index >= 15 is 0 Å². The van der Waals surface area contributed by atoms with Crippen molar-refractivity contribution < 1.29 is 9.18 Å². The van der Waals surface area contributed by atoms with Crippen LogP contribution >= 0.6 is 15.9 Å². The summed E-state index contributed by atoms with van der Waals surface area (Å²) in [7, 11) is 0. The first-order valence-electron chi connectivity index (χ1n) is 4.14. The van der Waals surface area contributed by atoms with E-state index in [-0.39, 0.29) is 17.8 Å². The number of nitrogens with one attached hydrogen (secondary N) is 2. The summed E-state index contributed by atoms with van der Waals surface area (Å²) >= 11 is 3.08. The molecule has 0 bridgehead atoms. The van der Waals surface area contributed by atoms with Crippen molar-refractivity contribution in [3.05, 3.63) is 22.4 Å². The van der Waals surface area contributed by atoms with E-state index in [4.69, 9.17) is 0 Å². The molecule has 0 saturated heterocycles. The maximum absolute atomic E-state index is 13.1. The number of fused-ring (bicyclic) bond motifs is 1. The minimum absolute atomic E-state index is 0.153. The van der Waals surface area contributed by atoms with Crippen molar-refractivity contribution in [1.29, 1.82) is 0 Å². The number of hydrogen-bond acceptors (Lipinski definition) is 2. The zero-order valence-electron chi connectivity index (χ0n) is 7.40. The average Bonchev–Trinajstić information content (AvgIpc) is 2.11. The highest BCUT2D eigenvalue weighted by molar-refractivity contribution is 9.10. The summed E-state index contributed by atoms with van der Waals surface area (Å²) in [6.07, 6.45) is 0. The second-order valence-corrected chi connectivity index (χ2v) is 4.02. The average molecular weight is 259 g/mol. The first-order chi connectivity index (χ1) is 6.58. The van der Waals surface area contributed by atoms with Gasteiger partial charge in [0.1, 0.15) is 11.9 Å². The van der Waals surface area contributed by atoms with Crippen LogP contribution in [0, 0.1) is 5.82 Å². The Hall–Kier alpha value is -1.10. The third-order valence-corrected chi connectivity index (χ3v) is 2.69. The summed E-state index contributed by atoms with van der Waals surface area (Å²) in [5, 5.41) is 5.58. The molecule has 1 amide bonds. The molecule has 1 atom stereocenters. The van der Waals surface area contributed by atoms with Gasteiger partial charge < -0.3 is 10.6 Å². The molecule has 0 spiro atoms. The second kappa shape index (κ2) is 3.24. The molecule has 14 heavy (non-hydrogen) atoms. The normalized spacial score (nSPS) is 19.6. The summed E-state index contributed by atoms with van der Waals surface area (Å²) in [5.41, 5.74) is 1.21. The molecule has 1 aliphatic heterocycles. The quantitative estimate of drug-likeness (QED) is 0.750. The fraction of sp³-hybridized carbons (Fsp3) is 0.222. The van der Waals surface area contributed by atoms with Crippen LogP contribution in [0.1, 0.15) is 6.92 Å². The highest BCUT2D eigenvalue weighted by atomic mass is 79.9. The van der Waals surface area contributed by atoms with Gasteiger partial charge in [-0.3, -0.25) is 4.79 Å². The molecule has 74 valence electrons. The molecular weight excluding hydrogens is 251 g/mol. The predicted molar refractivity (Wildman–Crippen MR) is 55.8 cm³/mol. The lowest BCUT2D eigenvalue weighted by molar-refractivity contribution is -0.116. The number of halogens is 2. The zero-order valence-corrected chi connectivity index (χ0v) is 8.98. The van der Waals surface area contributed by atoms with Crippen molar-refractivity contribution >= 4 is 33.2 Å². The van der Waals surface area contributed by atoms with Crippen LogP contribution in [0.15, 0.2) is 16.6 Å². The first-order valence-corrected chi connectivity index (χ1v) is 4.93. The third kappa shape index (κ3) is 1.48. The lowest BCUT2D eigenvalue weighted by Crippen LogP contribution is -2.36. The van der Waals surface area contributed by atoms with Gasteiger partial charge >= 0.3 is 0 Å². The van der Waals surface area contributed by atoms with Crippen LogP contribution in [0.5, 0.6) is 0 Å². The standard InChI is InChI=1S/C9H8BrFN2O/c1-4-9(14)13-8-3-6(11)5(10)2-7(8)12-4/h2-4,12H,1H3,(H,13,14)/t4-/m1/s1. The van der Waals surface area contributed by atoms with Crippen LogP contribution in [-0.4, -0.2) is 11.9 Å². The van der Waals surface area contributed by atoms with E-state index in [1.54, 1.807) is 13.0 Å². The summed E-state index contributed by atoms with van der Waals surface area (Å²) < 4.78 is 13.5. The summed E-state index contributed by atoms with van der Waals surface area (Å²) in [6.45, 7) is 1.75. The van der Waals surface area contributed by atoms with Gasteiger partial charge in [0.2, 0.25) is 5.91 Å². The van der Waals surface area contributed by atoms with Crippen LogP contribution in [0.25, 0.3) is 0 Å². The van der Waals surface area contributed by atoms with E-state index in [9.17, 15) is 9.18 Å². The Morgan fingerprint density at radius 1 is 1.43 bits per heavy atom. The van der Waals surface area contributed by atoms with Gasteiger partial charge in [0, 0.05) is 6.07 Å². The van der Waals surface area contributed by atoms with Gasteiger partial charge in [0.25, 0.3) is 0 Å². The van der Waals surface area contributed by atoms with Crippen molar-refractivity contribution in [3.8, 4) is 0 Å². The topological polar surface area (TPSA) is 41.1 Å². The van der Waals surface area contributed by atoms with Crippen LogP contribution in [0.4, 0.5) is 15.8 Å². The molecule has 5 heteroatoms. The molecule has 1 aromatic carbocycles. The van der Waals surface area contributed by atoms with Crippen molar-refractivity contribution in [1.82, 2.24) is 0 Å². The van der Waals surface area contributed by atoms with Gasteiger partial charge in [-0.1, -0.05) is 0 Å². The van der Waals surface area contributed by atoms with E-state index in [0.717, 1.165) is 5.69 Å². The molecule has 0 fully saturated rings. The number of carbonyl (C=O) groups excluding carboxylic acids is 1. The highest BCUT2D eigenvalue weighted by Crippen LogP contribution is 2.31. The third-order valence-electron chi connectivity index (χ3n) is 2.08. The molecule has 0 aromatic heterocycles. The molecule has 2 N–H and O–H groups in total. The maximum atomic E-state index is 13.1. The van der Waals surface area contributed by atoms with Crippen LogP contribution in [0.2, 0.25) is 0 Å². The minimum Gasteiger partial charge on any atom is -0.372 e. The smallest absolute Gasteiger partial charge is 0.246 e. The van der Waals surface area contributed by atoms with Crippen LogP contribution < -0.4 is 10.6 Å². The van der Waals surface area contributed by atoms with Crippen molar-refractivity contribution in [2.24, 2.45) is 0 Å². The molecule has 0 saturated carbocycles. The fourth-order valence-electron chi connectivity index (χ4n) is 1.31. The monoisotopic (exact) mass is 258 g/mol. The van der Waals surface area contributed by atoms with Gasteiger partial charge in [-0.2, -0.15) is 0 Å². The molecule has 1 aromatic rings. The van der Waals surface area contributed by atoms with E-state index < -0.39 is 0 Å².